The van der Waals surface area contributed by atoms with Crippen molar-refractivity contribution in [3.05, 3.63) is 34.1 Å². The van der Waals surface area contributed by atoms with Crippen LogP contribution in [0.5, 0.6) is 0 Å². The summed E-state index contributed by atoms with van der Waals surface area (Å²) in [6, 6.07) is 4.68. The van der Waals surface area contributed by atoms with Crippen molar-refractivity contribution in [2.45, 2.75) is 30.9 Å². The number of ether oxygens (including phenoxy) is 2. The molecule has 1 aliphatic rings. The van der Waals surface area contributed by atoms with E-state index in [9.17, 15) is 4.39 Å². The van der Waals surface area contributed by atoms with E-state index in [1.165, 1.54) is 12.1 Å². The largest absolute Gasteiger partial charge is 0.381 e. The predicted molar refractivity (Wildman–Crippen MR) is 75.6 cm³/mol. The third-order valence-corrected chi connectivity index (χ3v) is 4.26. The highest BCUT2D eigenvalue weighted by atomic mass is 79.9. The normalized spacial score (nSPS) is 20.2. The summed E-state index contributed by atoms with van der Waals surface area (Å²) in [6.07, 6.45) is 2.15. The standard InChI is InChI=1S/C14H19BrFNO2/c1-18-14(2-4-19-5-3-14)13(17)8-10-6-11(15)9-12(16)7-10/h6-7,9,13H,2-5,8,17H2,1H3. The molecule has 19 heavy (non-hydrogen) atoms. The monoisotopic (exact) mass is 331 g/mol. The van der Waals surface area contributed by atoms with Crippen LogP contribution >= 0.6 is 15.9 Å². The summed E-state index contributed by atoms with van der Waals surface area (Å²) in [7, 11) is 1.69. The van der Waals surface area contributed by atoms with E-state index in [-0.39, 0.29) is 17.5 Å². The van der Waals surface area contributed by atoms with E-state index in [4.69, 9.17) is 15.2 Å². The average Bonchev–Trinajstić information content (AvgIpc) is 2.38. The highest BCUT2D eigenvalue weighted by molar-refractivity contribution is 9.10. The Morgan fingerprint density at radius 2 is 2.11 bits per heavy atom. The Hall–Kier alpha value is -0.490. The number of benzene rings is 1. The quantitative estimate of drug-likeness (QED) is 0.922. The highest BCUT2D eigenvalue weighted by Crippen LogP contribution is 2.29. The Kier molecular flexibility index (Phi) is 4.95. The van der Waals surface area contributed by atoms with Crippen molar-refractivity contribution in [1.82, 2.24) is 0 Å². The van der Waals surface area contributed by atoms with E-state index in [2.05, 4.69) is 15.9 Å². The Labute approximate surface area is 121 Å². The molecule has 5 heteroatoms. The first-order valence-electron chi connectivity index (χ1n) is 6.39. The molecule has 106 valence electrons. The molecule has 2 rings (SSSR count). The Morgan fingerprint density at radius 1 is 1.42 bits per heavy atom. The van der Waals surface area contributed by atoms with Crippen molar-refractivity contribution in [1.29, 1.82) is 0 Å². The topological polar surface area (TPSA) is 44.5 Å². The van der Waals surface area contributed by atoms with Crippen LogP contribution in [-0.2, 0) is 15.9 Å². The lowest BCUT2D eigenvalue weighted by molar-refractivity contribution is -0.103. The maximum absolute atomic E-state index is 13.4. The first kappa shape index (κ1) is 14.9. The van der Waals surface area contributed by atoms with Gasteiger partial charge >= 0.3 is 0 Å². The minimum atomic E-state index is -0.364. The number of halogens is 2. The minimum absolute atomic E-state index is 0.171. The zero-order valence-corrected chi connectivity index (χ0v) is 12.6. The molecular formula is C14H19BrFNO2. The zero-order valence-electron chi connectivity index (χ0n) is 11.0. The fraction of sp³-hybridized carbons (Fsp3) is 0.571. The van der Waals surface area contributed by atoms with E-state index in [1.807, 2.05) is 6.07 Å². The predicted octanol–water partition coefficient (Wildman–Crippen LogP) is 2.65. The van der Waals surface area contributed by atoms with Gasteiger partial charge in [0.05, 0.1) is 5.60 Å². The number of hydrogen-bond acceptors (Lipinski definition) is 3. The van der Waals surface area contributed by atoms with Crippen molar-refractivity contribution in [3.63, 3.8) is 0 Å². The molecule has 1 aromatic rings. The lowest BCUT2D eigenvalue weighted by Crippen LogP contribution is -2.53. The molecule has 0 aromatic heterocycles. The Bertz CT molecular complexity index is 415. The molecule has 1 atom stereocenters. The van der Waals surface area contributed by atoms with Gasteiger partial charge in [0.2, 0.25) is 0 Å². The smallest absolute Gasteiger partial charge is 0.124 e. The summed E-state index contributed by atoms with van der Waals surface area (Å²) in [4.78, 5) is 0. The van der Waals surface area contributed by atoms with Crippen molar-refractivity contribution in [3.8, 4) is 0 Å². The molecule has 2 N–H and O–H groups in total. The van der Waals surface area contributed by atoms with Gasteiger partial charge in [-0.25, -0.2) is 4.39 Å². The third-order valence-electron chi connectivity index (χ3n) is 3.80. The van der Waals surface area contributed by atoms with Crippen LogP contribution in [-0.4, -0.2) is 32.0 Å². The highest BCUT2D eigenvalue weighted by Gasteiger charge is 2.38. The second kappa shape index (κ2) is 6.31. The fourth-order valence-corrected chi connectivity index (χ4v) is 3.12. The first-order chi connectivity index (χ1) is 9.05. The number of methoxy groups -OCH3 is 1. The molecule has 1 aromatic carbocycles. The van der Waals surface area contributed by atoms with Gasteiger partial charge in [-0.2, -0.15) is 0 Å². The number of hydrogen-bond donors (Lipinski definition) is 1. The summed E-state index contributed by atoms with van der Waals surface area (Å²) >= 11 is 3.30. The molecule has 0 amide bonds. The zero-order chi connectivity index (χ0) is 13.9. The Morgan fingerprint density at radius 3 is 2.68 bits per heavy atom. The van der Waals surface area contributed by atoms with Crippen molar-refractivity contribution in [2.24, 2.45) is 5.73 Å². The van der Waals surface area contributed by atoms with Crippen LogP contribution < -0.4 is 5.73 Å². The molecule has 0 radical (unpaired) electrons. The Balaban J connectivity index is 2.12. The molecule has 3 nitrogen and oxygen atoms in total. The van der Waals surface area contributed by atoms with Crippen LogP contribution in [0.2, 0.25) is 0 Å². The minimum Gasteiger partial charge on any atom is -0.381 e. The molecular weight excluding hydrogens is 313 g/mol. The summed E-state index contributed by atoms with van der Waals surface area (Å²) in [6.45, 7) is 1.32. The lowest BCUT2D eigenvalue weighted by atomic mass is 9.83. The number of rotatable bonds is 4. The second-order valence-corrected chi connectivity index (χ2v) is 5.89. The van der Waals surface area contributed by atoms with Gasteiger partial charge in [-0.1, -0.05) is 15.9 Å². The molecule has 0 bridgehead atoms. The van der Waals surface area contributed by atoms with Gasteiger partial charge in [0.1, 0.15) is 5.82 Å². The van der Waals surface area contributed by atoms with Crippen molar-refractivity contribution in [2.75, 3.05) is 20.3 Å². The molecule has 1 aliphatic heterocycles. The van der Waals surface area contributed by atoms with Gasteiger partial charge in [-0.05, 0) is 30.2 Å². The van der Waals surface area contributed by atoms with Crippen LogP contribution in [0.4, 0.5) is 4.39 Å². The molecule has 0 aliphatic carbocycles. The third kappa shape index (κ3) is 3.54. The van der Waals surface area contributed by atoms with E-state index in [0.29, 0.717) is 19.6 Å². The molecule has 0 saturated carbocycles. The van der Waals surface area contributed by atoms with Crippen LogP contribution in [0, 0.1) is 5.82 Å². The summed E-state index contributed by atoms with van der Waals surface area (Å²) < 4.78 is 25.1. The molecule has 0 spiro atoms. The summed E-state index contributed by atoms with van der Waals surface area (Å²) in [5.74, 6) is -0.255. The fourth-order valence-electron chi connectivity index (χ4n) is 2.61. The average molecular weight is 332 g/mol. The first-order valence-corrected chi connectivity index (χ1v) is 7.18. The maximum Gasteiger partial charge on any atom is 0.124 e. The molecule has 1 saturated heterocycles. The van der Waals surface area contributed by atoms with Gasteiger partial charge in [-0.15, -0.1) is 0 Å². The van der Waals surface area contributed by atoms with Gasteiger partial charge in [0.25, 0.3) is 0 Å². The summed E-state index contributed by atoms with van der Waals surface area (Å²) in [5.41, 5.74) is 6.82. The van der Waals surface area contributed by atoms with E-state index in [1.54, 1.807) is 7.11 Å². The SMILES string of the molecule is COC1(C(N)Cc2cc(F)cc(Br)c2)CCOCC1. The van der Waals surface area contributed by atoms with Crippen LogP contribution in [0.3, 0.4) is 0 Å². The van der Waals surface area contributed by atoms with E-state index < -0.39 is 0 Å². The van der Waals surface area contributed by atoms with Crippen LogP contribution in [0.15, 0.2) is 22.7 Å². The molecule has 1 heterocycles. The van der Waals surface area contributed by atoms with Gasteiger partial charge in [-0.3, -0.25) is 0 Å². The molecule has 1 unspecified atom stereocenters. The van der Waals surface area contributed by atoms with Crippen molar-refractivity contribution < 1.29 is 13.9 Å². The van der Waals surface area contributed by atoms with Gasteiger partial charge < -0.3 is 15.2 Å². The maximum atomic E-state index is 13.4. The van der Waals surface area contributed by atoms with Crippen molar-refractivity contribution >= 4 is 15.9 Å². The second-order valence-electron chi connectivity index (χ2n) is 4.97. The van der Waals surface area contributed by atoms with E-state index >= 15 is 0 Å². The van der Waals surface area contributed by atoms with Crippen LogP contribution in [0.25, 0.3) is 0 Å². The van der Waals surface area contributed by atoms with E-state index in [0.717, 1.165) is 22.9 Å². The van der Waals surface area contributed by atoms with Crippen LogP contribution in [0.1, 0.15) is 18.4 Å². The van der Waals surface area contributed by atoms with Gasteiger partial charge in [0, 0.05) is 43.7 Å². The summed E-state index contributed by atoms with van der Waals surface area (Å²) in [5, 5.41) is 0. The molecule has 1 fully saturated rings. The van der Waals surface area contributed by atoms with Gasteiger partial charge in [0.15, 0.2) is 0 Å². The number of nitrogens with two attached hydrogens (primary N) is 1. The lowest BCUT2D eigenvalue weighted by Gasteiger charge is -2.40.